The molecule has 0 aliphatic heterocycles. The summed E-state index contributed by atoms with van der Waals surface area (Å²) < 4.78 is 37.9. The highest BCUT2D eigenvalue weighted by molar-refractivity contribution is 7.89. The molecule has 0 heterocycles. The molecule has 0 saturated carbocycles. The summed E-state index contributed by atoms with van der Waals surface area (Å²) in [7, 11) is -7.88. The zero-order valence-electron chi connectivity index (χ0n) is 14.1. The molecule has 1 atom stereocenters. The number of benzene rings is 2. The number of sulfonamides is 1. The molecule has 0 aliphatic carbocycles. The Labute approximate surface area is 148 Å². The summed E-state index contributed by atoms with van der Waals surface area (Å²) in [6.07, 6.45) is -0.359. The van der Waals surface area contributed by atoms with E-state index in [1.165, 1.54) is 12.1 Å². The van der Waals surface area contributed by atoms with Crippen molar-refractivity contribution in [3.8, 4) is 11.1 Å². The minimum atomic E-state index is -4.16. The first-order chi connectivity index (χ1) is 11.6. The van der Waals surface area contributed by atoms with E-state index < -0.39 is 23.5 Å². The van der Waals surface area contributed by atoms with Gasteiger partial charge in [-0.2, -0.15) is 0 Å². The molecule has 0 spiro atoms. The highest BCUT2D eigenvalue weighted by Gasteiger charge is 2.21. The summed E-state index contributed by atoms with van der Waals surface area (Å²) in [6, 6.07) is 14.4. The van der Waals surface area contributed by atoms with Gasteiger partial charge in [0.2, 0.25) is 10.0 Å². The van der Waals surface area contributed by atoms with Gasteiger partial charge in [0.25, 0.3) is 0 Å². The fourth-order valence-electron chi connectivity index (χ4n) is 2.46. The Morgan fingerprint density at radius 2 is 1.72 bits per heavy atom. The minimum Gasteiger partial charge on any atom is -0.324 e. The smallest absolute Gasteiger partial charge is 0.324 e. The van der Waals surface area contributed by atoms with Gasteiger partial charge < -0.3 is 9.79 Å². The molecule has 3 N–H and O–H groups in total. The summed E-state index contributed by atoms with van der Waals surface area (Å²) in [4.78, 5) is 18.0. The van der Waals surface area contributed by atoms with Crippen LogP contribution in [0.25, 0.3) is 11.1 Å². The van der Waals surface area contributed by atoms with E-state index >= 15 is 0 Å². The Morgan fingerprint density at radius 1 is 1.08 bits per heavy atom. The average Bonchev–Trinajstić information content (AvgIpc) is 2.52. The van der Waals surface area contributed by atoms with Crippen molar-refractivity contribution in [3.05, 3.63) is 54.1 Å². The molecule has 0 amide bonds. The predicted octanol–water partition coefficient (Wildman–Crippen LogP) is 2.75. The third-order valence-corrected chi connectivity index (χ3v) is 6.23. The predicted molar refractivity (Wildman–Crippen MR) is 97.9 cm³/mol. The monoisotopic (exact) mass is 383 g/mol. The standard InChI is InChI=1S/C17H22NO5PS/c1-13-4-3-5-16(10-13)15-6-8-17(9-7-15)25(22,23)18-11-14(2)12-24(19,20)21/h3-10,14,18H,11-12H2,1-2H3,(H2,19,20,21)/t14-/m1/s1. The van der Waals surface area contributed by atoms with Crippen LogP contribution in [-0.2, 0) is 14.6 Å². The second-order valence-electron chi connectivity index (χ2n) is 6.20. The van der Waals surface area contributed by atoms with Crippen molar-refractivity contribution in [1.29, 1.82) is 0 Å². The Morgan fingerprint density at radius 3 is 2.28 bits per heavy atom. The van der Waals surface area contributed by atoms with E-state index in [2.05, 4.69) is 4.72 Å². The molecule has 2 aromatic rings. The maximum atomic E-state index is 12.3. The van der Waals surface area contributed by atoms with Gasteiger partial charge in [0.15, 0.2) is 0 Å². The van der Waals surface area contributed by atoms with Crippen LogP contribution in [0.15, 0.2) is 53.4 Å². The van der Waals surface area contributed by atoms with E-state index in [4.69, 9.17) is 9.79 Å². The first-order valence-corrected chi connectivity index (χ1v) is 11.1. The highest BCUT2D eigenvalue weighted by atomic mass is 32.2. The summed E-state index contributed by atoms with van der Waals surface area (Å²) in [6.45, 7) is 3.54. The molecule has 25 heavy (non-hydrogen) atoms. The van der Waals surface area contributed by atoms with Gasteiger partial charge in [-0.3, -0.25) is 4.57 Å². The lowest BCUT2D eigenvalue weighted by Gasteiger charge is -2.14. The van der Waals surface area contributed by atoms with Crippen molar-refractivity contribution in [2.45, 2.75) is 18.7 Å². The number of nitrogens with one attached hydrogen (secondary N) is 1. The second kappa shape index (κ2) is 7.81. The normalized spacial score (nSPS) is 13.6. The van der Waals surface area contributed by atoms with Gasteiger partial charge in [0.05, 0.1) is 11.1 Å². The van der Waals surface area contributed by atoms with Crippen molar-refractivity contribution in [3.63, 3.8) is 0 Å². The van der Waals surface area contributed by atoms with Crippen LogP contribution in [0.5, 0.6) is 0 Å². The van der Waals surface area contributed by atoms with Gasteiger partial charge in [-0.15, -0.1) is 0 Å². The first kappa shape index (κ1) is 19.8. The quantitative estimate of drug-likeness (QED) is 0.638. The van der Waals surface area contributed by atoms with Crippen LogP contribution in [0.1, 0.15) is 12.5 Å². The van der Waals surface area contributed by atoms with Gasteiger partial charge in [0, 0.05) is 6.54 Å². The Kier molecular flexibility index (Phi) is 6.19. The molecular weight excluding hydrogens is 361 g/mol. The zero-order chi connectivity index (χ0) is 18.7. The second-order valence-corrected chi connectivity index (χ2v) is 9.66. The van der Waals surface area contributed by atoms with Gasteiger partial charge >= 0.3 is 7.60 Å². The molecule has 2 aromatic carbocycles. The molecule has 2 rings (SSSR count). The molecule has 0 saturated heterocycles. The van der Waals surface area contributed by atoms with Crippen LogP contribution in [-0.4, -0.2) is 30.9 Å². The molecule has 0 unspecified atom stereocenters. The van der Waals surface area contributed by atoms with Crippen LogP contribution < -0.4 is 4.72 Å². The number of hydrogen-bond acceptors (Lipinski definition) is 3. The van der Waals surface area contributed by atoms with Crippen LogP contribution in [0.2, 0.25) is 0 Å². The Balaban J connectivity index is 2.09. The number of hydrogen-bond donors (Lipinski definition) is 3. The minimum absolute atomic E-state index is 0.0346. The van der Waals surface area contributed by atoms with Crippen LogP contribution in [0.3, 0.4) is 0 Å². The third kappa shape index (κ3) is 6.06. The SMILES string of the molecule is Cc1cccc(-c2ccc(S(=O)(=O)NC[C@@H](C)CP(=O)(O)O)cc2)c1. The van der Waals surface area contributed by atoms with E-state index in [9.17, 15) is 13.0 Å². The lowest BCUT2D eigenvalue weighted by atomic mass is 10.0. The summed E-state index contributed by atoms with van der Waals surface area (Å²) in [5.74, 6) is -0.470. The van der Waals surface area contributed by atoms with E-state index in [1.807, 2.05) is 31.2 Å². The van der Waals surface area contributed by atoms with Crippen LogP contribution in [0.4, 0.5) is 0 Å². The molecule has 0 fully saturated rings. The molecule has 6 nitrogen and oxygen atoms in total. The van der Waals surface area contributed by atoms with E-state index in [-0.39, 0.29) is 17.6 Å². The highest BCUT2D eigenvalue weighted by Crippen LogP contribution is 2.36. The van der Waals surface area contributed by atoms with E-state index in [0.717, 1.165) is 16.7 Å². The molecule has 0 aliphatic rings. The maximum Gasteiger partial charge on any atom is 0.325 e. The molecule has 0 bridgehead atoms. The molecule has 8 heteroatoms. The fraction of sp³-hybridized carbons (Fsp3) is 0.294. The van der Waals surface area contributed by atoms with Crippen LogP contribution >= 0.6 is 7.60 Å². The fourth-order valence-corrected chi connectivity index (χ4v) is 4.56. The van der Waals surface area contributed by atoms with E-state index in [1.54, 1.807) is 19.1 Å². The molecular formula is C17H22NO5PS. The first-order valence-electron chi connectivity index (χ1n) is 7.78. The topological polar surface area (TPSA) is 104 Å². The summed E-state index contributed by atoms with van der Waals surface area (Å²) in [5, 5.41) is 0. The zero-order valence-corrected chi connectivity index (χ0v) is 15.8. The Bertz CT molecular complexity index is 874. The van der Waals surface area contributed by atoms with Crippen molar-refractivity contribution in [2.24, 2.45) is 5.92 Å². The largest absolute Gasteiger partial charge is 0.325 e. The number of aryl methyl sites for hydroxylation is 1. The van der Waals surface area contributed by atoms with Crippen molar-refractivity contribution < 1.29 is 22.8 Å². The lowest BCUT2D eigenvalue weighted by molar-refractivity contribution is 0.363. The molecule has 0 radical (unpaired) electrons. The average molecular weight is 383 g/mol. The van der Waals surface area contributed by atoms with Gasteiger partial charge in [-0.25, -0.2) is 13.1 Å². The third-order valence-electron chi connectivity index (χ3n) is 3.69. The maximum absolute atomic E-state index is 12.3. The van der Waals surface area contributed by atoms with Crippen molar-refractivity contribution in [2.75, 3.05) is 12.7 Å². The van der Waals surface area contributed by atoms with Crippen molar-refractivity contribution >= 4 is 17.6 Å². The van der Waals surface area contributed by atoms with E-state index in [0.29, 0.717) is 0 Å². The summed E-state index contributed by atoms with van der Waals surface area (Å²) >= 11 is 0. The van der Waals surface area contributed by atoms with Crippen LogP contribution in [0, 0.1) is 12.8 Å². The number of rotatable bonds is 7. The lowest BCUT2D eigenvalue weighted by Crippen LogP contribution is -2.29. The van der Waals surface area contributed by atoms with Gasteiger partial charge in [0.1, 0.15) is 0 Å². The Hall–Kier alpha value is -1.50. The summed E-state index contributed by atoms with van der Waals surface area (Å²) in [5.41, 5.74) is 3.04. The molecule has 136 valence electrons. The van der Waals surface area contributed by atoms with Gasteiger partial charge in [-0.1, -0.05) is 48.9 Å². The van der Waals surface area contributed by atoms with Gasteiger partial charge in [-0.05, 0) is 36.1 Å². The molecule has 0 aromatic heterocycles. The van der Waals surface area contributed by atoms with Crippen molar-refractivity contribution in [1.82, 2.24) is 4.72 Å².